The molecular formula is C21H32O3. The first-order chi connectivity index (χ1) is 11.5. The summed E-state index contributed by atoms with van der Waals surface area (Å²) >= 11 is 0. The van der Waals surface area contributed by atoms with Crippen molar-refractivity contribution in [3.63, 3.8) is 0 Å². The molecule has 3 aliphatic carbocycles. The summed E-state index contributed by atoms with van der Waals surface area (Å²) in [5.41, 5.74) is 3.94. The van der Waals surface area contributed by atoms with Crippen molar-refractivity contribution in [1.29, 1.82) is 0 Å². The molecule has 0 aliphatic heterocycles. The summed E-state index contributed by atoms with van der Waals surface area (Å²) in [5, 5.41) is 29.5. The number of allylic oxidation sites excluding steroid dienone is 4. The molecule has 0 radical (unpaired) electrons. The Morgan fingerprint density at radius 3 is 2.79 bits per heavy atom. The molecule has 0 unspecified atom stereocenters. The lowest BCUT2D eigenvalue weighted by atomic mass is 9.62. The molecule has 134 valence electrons. The Hall–Kier alpha value is -0.900. The minimum absolute atomic E-state index is 0.105. The second-order valence-corrected chi connectivity index (χ2v) is 8.28. The van der Waals surface area contributed by atoms with Gasteiger partial charge in [-0.15, -0.1) is 0 Å². The van der Waals surface area contributed by atoms with Crippen molar-refractivity contribution in [2.24, 2.45) is 17.3 Å². The first-order valence-electron chi connectivity index (χ1n) is 9.50. The lowest BCUT2D eigenvalue weighted by molar-refractivity contribution is -0.0125. The number of fused-ring (bicyclic) bond motifs is 1. The molecule has 24 heavy (non-hydrogen) atoms. The minimum atomic E-state index is -0.592. The van der Waals surface area contributed by atoms with Gasteiger partial charge in [0, 0.05) is 0 Å². The van der Waals surface area contributed by atoms with Gasteiger partial charge >= 0.3 is 0 Å². The summed E-state index contributed by atoms with van der Waals surface area (Å²) in [4.78, 5) is 0. The van der Waals surface area contributed by atoms with E-state index in [1.807, 2.05) is 0 Å². The summed E-state index contributed by atoms with van der Waals surface area (Å²) in [6, 6.07) is 0. The highest BCUT2D eigenvalue weighted by molar-refractivity contribution is 5.36. The van der Waals surface area contributed by atoms with Gasteiger partial charge in [-0.25, -0.2) is 0 Å². The maximum Gasteiger partial charge on any atom is 0.0804 e. The Morgan fingerprint density at radius 2 is 2.04 bits per heavy atom. The molecule has 3 heteroatoms. The van der Waals surface area contributed by atoms with Gasteiger partial charge in [0.05, 0.1) is 18.8 Å². The van der Waals surface area contributed by atoms with Crippen LogP contribution in [0, 0.1) is 17.3 Å². The average molecular weight is 332 g/mol. The van der Waals surface area contributed by atoms with Gasteiger partial charge in [-0.1, -0.05) is 36.8 Å². The molecule has 3 N–H and O–H groups in total. The zero-order chi connectivity index (χ0) is 17.3. The van der Waals surface area contributed by atoms with E-state index in [9.17, 15) is 15.3 Å². The Bertz CT molecular complexity index is 547. The van der Waals surface area contributed by atoms with Gasteiger partial charge in [-0.3, -0.25) is 0 Å². The fraction of sp³-hybridized carbons (Fsp3) is 0.714. The molecule has 0 spiro atoms. The van der Waals surface area contributed by atoms with E-state index in [4.69, 9.17) is 0 Å². The van der Waals surface area contributed by atoms with Gasteiger partial charge in [-0.2, -0.15) is 0 Å². The van der Waals surface area contributed by atoms with E-state index in [0.717, 1.165) is 56.9 Å². The van der Waals surface area contributed by atoms with E-state index in [1.165, 1.54) is 11.1 Å². The van der Waals surface area contributed by atoms with Crippen molar-refractivity contribution in [3.05, 3.63) is 35.5 Å². The first kappa shape index (κ1) is 17.9. The van der Waals surface area contributed by atoms with E-state index in [1.54, 1.807) is 0 Å². The second-order valence-electron chi connectivity index (χ2n) is 8.28. The zero-order valence-corrected chi connectivity index (χ0v) is 14.9. The van der Waals surface area contributed by atoms with Crippen LogP contribution >= 0.6 is 0 Å². The molecule has 0 aromatic rings. The monoisotopic (exact) mass is 332 g/mol. The SMILES string of the molecule is C=C1CC[C@@H](O)CC1=CC=C1CCC[C@]2(C)[C@@H]([C@@H](O)CO)CC[C@@H]12. The standard InChI is InChI=1S/C21H32O3/c1-14-5-8-17(23)12-16(14)7-6-15-4-3-11-21(2)18(15)9-10-19(21)20(24)13-22/h6-7,17-20,22-24H,1,3-5,8-13H2,2H3/t17-,18+,19-,20+,21+/m1/s1. The van der Waals surface area contributed by atoms with Gasteiger partial charge in [0.15, 0.2) is 0 Å². The van der Waals surface area contributed by atoms with Crippen LogP contribution < -0.4 is 0 Å². The minimum Gasteiger partial charge on any atom is -0.394 e. The Kier molecular flexibility index (Phi) is 5.33. The van der Waals surface area contributed by atoms with E-state index >= 15 is 0 Å². The van der Waals surface area contributed by atoms with Gasteiger partial charge in [0.1, 0.15) is 0 Å². The molecule has 0 aromatic carbocycles. The van der Waals surface area contributed by atoms with Crippen LogP contribution in [0.4, 0.5) is 0 Å². The molecule has 3 nitrogen and oxygen atoms in total. The smallest absolute Gasteiger partial charge is 0.0804 e. The topological polar surface area (TPSA) is 60.7 Å². The summed E-state index contributed by atoms with van der Waals surface area (Å²) in [5.74, 6) is 0.714. The third-order valence-electron chi connectivity index (χ3n) is 6.88. The van der Waals surface area contributed by atoms with Crippen LogP contribution in [0.1, 0.15) is 58.3 Å². The van der Waals surface area contributed by atoms with E-state index in [2.05, 4.69) is 25.7 Å². The Morgan fingerprint density at radius 1 is 1.25 bits per heavy atom. The number of hydrogen-bond donors (Lipinski definition) is 3. The van der Waals surface area contributed by atoms with Gasteiger partial charge < -0.3 is 15.3 Å². The maximum atomic E-state index is 10.2. The van der Waals surface area contributed by atoms with Crippen LogP contribution in [0.3, 0.4) is 0 Å². The van der Waals surface area contributed by atoms with Crippen molar-refractivity contribution in [1.82, 2.24) is 0 Å². The summed E-state index contributed by atoms with van der Waals surface area (Å²) in [6.07, 6.45) is 11.6. The van der Waals surface area contributed by atoms with Gasteiger partial charge in [0.2, 0.25) is 0 Å². The first-order valence-corrected chi connectivity index (χ1v) is 9.50. The molecule has 3 saturated carbocycles. The fourth-order valence-electron chi connectivity index (χ4n) is 5.43. The van der Waals surface area contributed by atoms with Crippen LogP contribution in [0.15, 0.2) is 35.5 Å². The predicted octanol–water partition coefficient (Wildman–Crippen LogP) is 3.51. The normalized spacial score (nSPS) is 41.7. The summed E-state index contributed by atoms with van der Waals surface area (Å²) in [6.45, 7) is 6.32. The third kappa shape index (κ3) is 3.26. The van der Waals surface area contributed by atoms with Gasteiger partial charge in [-0.05, 0) is 74.2 Å². The Labute approximate surface area is 145 Å². The van der Waals surface area contributed by atoms with Gasteiger partial charge in [0.25, 0.3) is 0 Å². The molecule has 0 saturated heterocycles. The highest BCUT2D eigenvalue weighted by atomic mass is 16.3. The van der Waals surface area contributed by atoms with Crippen molar-refractivity contribution in [2.75, 3.05) is 6.61 Å². The van der Waals surface area contributed by atoms with E-state index in [0.29, 0.717) is 5.92 Å². The predicted molar refractivity (Wildman–Crippen MR) is 96.4 cm³/mol. The van der Waals surface area contributed by atoms with Crippen LogP contribution in [0.5, 0.6) is 0 Å². The highest BCUT2D eigenvalue weighted by Crippen LogP contribution is 2.58. The largest absolute Gasteiger partial charge is 0.394 e. The van der Waals surface area contributed by atoms with Crippen molar-refractivity contribution in [3.8, 4) is 0 Å². The van der Waals surface area contributed by atoms with Crippen LogP contribution in [0.2, 0.25) is 0 Å². The zero-order valence-electron chi connectivity index (χ0n) is 14.9. The van der Waals surface area contributed by atoms with Crippen LogP contribution in [0.25, 0.3) is 0 Å². The lowest BCUT2D eigenvalue weighted by Crippen LogP contribution is -2.40. The molecular weight excluding hydrogens is 300 g/mol. The molecule has 3 rings (SSSR count). The van der Waals surface area contributed by atoms with Crippen LogP contribution in [-0.4, -0.2) is 34.1 Å². The van der Waals surface area contributed by atoms with Crippen molar-refractivity contribution < 1.29 is 15.3 Å². The molecule has 0 heterocycles. The quantitative estimate of drug-likeness (QED) is 0.741. The molecule has 0 bridgehead atoms. The molecule has 0 amide bonds. The molecule has 0 aromatic heterocycles. The Balaban J connectivity index is 1.81. The van der Waals surface area contributed by atoms with Crippen molar-refractivity contribution in [2.45, 2.75) is 70.5 Å². The summed E-state index contributed by atoms with van der Waals surface area (Å²) < 4.78 is 0. The fourth-order valence-corrected chi connectivity index (χ4v) is 5.43. The van der Waals surface area contributed by atoms with Crippen LogP contribution in [-0.2, 0) is 0 Å². The highest BCUT2D eigenvalue weighted by Gasteiger charge is 2.51. The number of rotatable bonds is 3. The number of aliphatic hydroxyl groups excluding tert-OH is 3. The van der Waals surface area contributed by atoms with E-state index in [-0.39, 0.29) is 24.0 Å². The maximum absolute atomic E-state index is 10.2. The molecule has 3 fully saturated rings. The van der Waals surface area contributed by atoms with E-state index < -0.39 is 6.10 Å². The summed E-state index contributed by atoms with van der Waals surface area (Å²) in [7, 11) is 0. The second kappa shape index (κ2) is 7.15. The number of hydrogen-bond acceptors (Lipinski definition) is 3. The molecule has 3 aliphatic rings. The average Bonchev–Trinajstić information content (AvgIpc) is 2.92. The van der Waals surface area contributed by atoms with Crippen molar-refractivity contribution >= 4 is 0 Å². The number of aliphatic hydroxyl groups is 3. The molecule has 5 atom stereocenters. The third-order valence-corrected chi connectivity index (χ3v) is 6.88. The lowest BCUT2D eigenvalue weighted by Gasteiger charge is -2.43.